The number of thioether (sulfide) groups is 1. The smallest absolute Gasteiger partial charge is 0.251 e. The third kappa shape index (κ3) is 4.55. The summed E-state index contributed by atoms with van der Waals surface area (Å²) in [5.41, 5.74) is 2.27. The normalized spacial score (nSPS) is 11.1. The molecular weight excluding hydrogens is 322 g/mol. The van der Waals surface area contributed by atoms with E-state index in [9.17, 15) is 4.79 Å². The number of ether oxygens (including phenoxy) is 2. The minimum atomic E-state index is -0.136. The lowest BCUT2D eigenvalue weighted by molar-refractivity contribution is -0.112. The van der Waals surface area contributed by atoms with Crippen molar-refractivity contribution in [3.63, 3.8) is 0 Å². The highest BCUT2D eigenvalue weighted by molar-refractivity contribution is 7.98. The zero-order chi connectivity index (χ0) is 17.5. The number of hydrogen-bond acceptors (Lipinski definition) is 4. The molecule has 1 N–H and O–H groups in total. The second-order valence-electron chi connectivity index (χ2n) is 5.13. The Bertz CT molecular complexity index is 756. The molecule has 2 aromatic carbocycles. The summed E-state index contributed by atoms with van der Waals surface area (Å²) in [5, 5.41) is 2.91. The molecule has 0 bridgehead atoms. The van der Waals surface area contributed by atoms with Crippen LogP contribution in [0.3, 0.4) is 0 Å². The fraction of sp³-hybridized carbons (Fsp3) is 0.211. The number of nitrogens with one attached hydrogen (secondary N) is 1. The summed E-state index contributed by atoms with van der Waals surface area (Å²) < 4.78 is 10.5. The number of hydrogen-bond donors (Lipinski definition) is 1. The standard InChI is InChI=1S/C19H21NO3S/c1-13(10-14-8-9-17(22-2)18(11-14)23-3)19(21)20-15-6-5-7-16(12-15)24-4/h5-12H,1-4H3,(H,20,21)/b13-10+. The fourth-order valence-electron chi connectivity index (χ4n) is 2.19. The Hall–Kier alpha value is -2.40. The van der Waals surface area contributed by atoms with Crippen molar-refractivity contribution in [2.75, 3.05) is 25.8 Å². The summed E-state index contributed by atoms with van der Waals surface area (Å²) in [6.45, 7) is 1.78. The summed E-state index contributed by atoms with van der Waals surface area (Å²) in [6, 6.07) is 13.3. The monoisotopic (exact) mass is 343 g/mol. The Labute approximate surface area is 146 Å². The summed E-state index contributed by atoms with van der Waals surface area (Å²) in [7, 11) is 3.18. The van der Waals surface area contributed by atoms with E-state index in [1.807, 2.05) is 54.8 Å². The molecule has 24 heavy (non-hydrogen) atoms. The summed E-state index contributed by atoms with van der Waals surface area (Å²) in [6.07, 6.45) is 3.82. The minimum absolute atomic E-state index is 0.136. The molecule has 0 heterocycles. The Morgan fingerprint density at radius 2 is 1.83 bits per heavy atom. The van der Waals surface area contributed by atoms with Gasteiger partial charge in [-0.25, -0.2) is 0 Å². The average molecular weight is 343 g/mol. The lowest BCUT2D eigenvalue weighted by Crippen LogP contribution is -2.12. The van der Waals surface area contributed by atoms with Crippen molar-refractivity contribution in [2.45, 2.75) is 11.8 Å². The number of carbonyl (C=O) groups excluding carboxylic acids is 1. The van der Waals surface area contributed by atoms with Crippen molar-refractivity contribution >= 4 is 29.4 Å². The van der Waals surface area contributed by atoms with E-state index in [4.69, 9.17) is 9.47 Å². The van der Waals surface area contributed by atoms with Crippen LogP contribution in [0, 0.1) is 0 Å². The van der Waals surface area contributed by atoms with Crippen LogP contribution in [0.1, 0.15) is 12.5 Å². The van der Waals surface area contributed by atoms with Gasteiger partial charge in [0.2, 0.25) is 0 Å². The Kier molecular flexibility index (Phi) is 6.32. The number of carbonyl (C=O) groups is 1. The number of methoxy groups -OCH3 is 2. The molecule has 0 aliphatic carbocycles. The van der Waals surface area contributed by atoms with Gasteiger partial charge >= 0.3 is 0 Å². The van der Waals surface area contributed by atoms with Gasteiger partial charge in [0, 0.05) is 16.2 Å². The third-order valence-electron chi connectivity index (χ3n) is 3.48. The van der Waals surface area contributed by atoms with E-state index in [0.717, 1.165) is 16.1 Å². The van der Waals surface area contributed by atoms with Gasteiger partial charge < -0.3 is 14.8 Å². The van der Waals surface area contributed by atoms with E-state index in [0.29, 0.717) is 17.1 Å². The Morgan fingerprint density at radius 3 is 2.50 bits per heavy atom. The molecular formula is C19H21NO3S. The van der Waals surface area contributed by atoms with Crippen molar-refractivity contribution in [3.8, 4) is 11.5 Å². The van der Waals surface area contributed by atoms with Gasteiger partial charge in [-0.05, 0) is 55.2 Å². The molecule has 1 amide bonds. The molecule has 0 aliphatic rings. The highest BCUT2D eigenvalue weighted by Crippen LogP contribution is 2.28. The van der Waals surface area contributed by atoms with Gasteiger partial charge in [-0.2, -0.15) is 0 Å². The number of rotatable bonds is 6. The first-order valence-electron chi connectivity index (χ1n) is 7.43. The van der Waals surface area contributed by atoms with Crippen LogP contribution in [0.2, 0.25) is 0 Å². The predicted octanol–water partition coefficient (Wildman–Crippen LogP) is 4.47. The van der Waals surface area contributed by atoms with Crippen LogP contribution < -0.4 is 14.8 Å². The first-order valence-corrected chi connectivity index (χ1v) is 8.65. The fourth-order valence-corrected chi connectivity index (χ4v) is 2.65. The molecule has 0 saturated heterocycles. The maximum absolute atomic E-state index is 12.4. The molecule has 2 aromatic rings. The SMILES string of the molecule is COc1ccc(/C=C(\C)C(=O)Nc2cccc(SC)c2)cc1OC. The van der Waals surface area contributed by atoms with Crippen LogP contribution in [0.5, 0.6) is 11.5 Å². The van der Waals surface area contributed by atoms with Crippen molar-refractivity contribution in [3.05, 3.63) is 53.6 Å². The van der Waals surface area contributed by atoms with Crippen LogP contribution in [-0.2, 0) is 4.79 Å². The van der Waals surface area contributed by atoms with Gasteiger partial charge in [0.25, 0.3) is 5.91 Å². The average Bonchev–Trinajstić information content (AvgIpc) is 2.61. The number of benzene rings is 2. The molecule has 126 valence electrons. The molecule has 0 unspecified atom stereocenters. The summed E-state index contributed by atoms with van der Waals surface area (Å²) >= 11 is 1.64. The second kappa shape index (κ2) is 8.45. The molecule has 0 saturated carbocycles. The zero-order valence-corrected chi connectivity index (χ0v) is 15.1. The number of anilines is 1. The first kappa shape index (κ1) is 17.9. The largest absolute Gasteiger partial charge is 0.493 e. The molecule has 0 spiro atoms. The van der Waals surface area contributed by atoms with E-state index in [1.54, 1.807) is 32.9 Å². The molecule has 0 aromatic heterocycles. The summed E-state index contributed by atoms with van der Waals surface area (Å²) in [5.74, 6) is 1.15. The van der Waals surface area contributed by atoms with Gasteiger partial charge in [0.1, 0.15) is 0 Å². The predicted molar refractivity (Wildman–Crippen MR) is 100 cm³/mol. The van der Waals surface area contributed by atoms with Crippen molar-refractivity contribution in [1.29, 1.82) is 0 Å². The van der Waals surface area contributed by atoms with Gasteiger partial charge in [-0.15, -0.1) is 11.8 Å². The molecule has 0 atom stereocenters. The Morgan fingerprint density at radius 1 is 1.08 bits per heavy atom. The van der Waals surface area contributed by atoms with E-state index >= 15 is 0 Å². The summed E-state index contributed by atoms with van der Waals surface area (Å²) in [4.78, 5) is 13.5. The second-order valence-corrected chi connectivity index (χ2v) is 6.01. The van der Waals surface area contributed by atoms with Crippen LogP contribution >= 0.6 is 11.8 Å². The Balaban J connectivity index is 2.16. The number of amides is 1. The van der Waals surface area contributed by atoms with E-state index in [-0.39, 0.29) is 5.91 Å². The maximum Gasteiger partial charge on any atom is 0.251 e. The molecule has 5 heteroatoms. The van der Waals surface area contributed by atoms with Gasteiger partial charge in [-0.1, -0.05) is 12.1 Å². The molecule has 0 radical (unpaired) electrons. The quantitative estimate of drug-likeness (QED) is 0.621. The van der Waals surface area contributed by atoms with Gasteiger partial charge in [0.15, 0.2) is 11.5 Å². The first-order chi connectivity index (χ1) is 11.6. The van der Waals surface area contributed by atoms with Crippen molar-refractivity contribution in [2.24, 2.45) is 0 Å². The van der Waals surface area contributed by atoms with Crippen molar-refractivity contribution in [1.82, 2.24) is 0 Å². The van der Waals surface area contributed by atoms with Crippen LogP contribution in [0.4, 0.5) is 5.69 Å². The maximum atomic E-state index is 12.4. The highest BCUT2D eigenvalue weighted by Gasteiger charge is 2.08. The molecule has 2 rings (SSSR count). The third-order valence-corrected chi connectivity index (χ3v) is 4.20. The topological polar surface area (TPSA) is 47.6 Å². The van der Waals surface area contributed by atoms with Crippen molar-refractivity contribution < 1.29 is 14.3 Å². The molecule has 4 nitrogen and oxygen atoms in total. The minimum Gasteiger partial charge on any atom is -0.493 e. The van der Waals surface area contributed by atoms with E-state index in [1.165, 1.54) is 0 Å². The van der Waals surface area contributed by atoms with Crippen LogP contribution in [0.25, 0.3) is 6.08 Å². The van der Waals surface area contributed by atoms with E-state index in [2.05, 4.69) is 5.32 Å². The van der Waals surface area contributed by atoms with E-state index < -0.39 is 0 Å². The molecule has 0 aliphatic heterocycles. The van der Waals surface area contributed by atoms with Gasteiger partial charge in [-0.3, -0.25) is 4.79 Å². The lowest BCUT2D eigenvalue weighted by atomic mass is 10.1. The molecule has 0 fully saturated rings. The van der Waals surface area contributed by atoms with Crippen LogP contribution in [-0.4, -0.2) is 26.4 Å². The lowest BCUT2D eigenvalue weighted by Gasteiger charge is -2.09. The zero-order valence-electron chi connectivity index (χ0n) is 14.3. The van der Waals surface area contributed by atoms with Gasteiger partial charge in [0.05, 0.1) is 14.2 Å². The van der Waals surface area contributed by atoms with Crippen LogP contribution in [0.15, 0.2) is 52.9 Å². The highest BCUT2D eigenvalue weighted by atomic mass is 32.2.